The number of rotatable bonds is 7. The van der Waals surface area contributed by atoms with Gasteiger partial charge in [0.05, 0.1) is 11.5 Å². The number of ether oxygens (including phenoxy) is 1. The van der Waals surface area contributed by atoms with Crippen LogP contribution in [0.1, 0.15) is 32.3 Å². The molecule has 0 saturated carbocycles. The molecule has 0 radical (unpaired) electrons. The lowest BCUT2D eigenvalue weighted by atomic mass is 10.1. The van der Waals surface area contributed by atoms with Gasteiger partial charge in [-0.05, 0) is 43.5 Å². The smallest absolute Gasteiger partial charge is 0.331 e. The molecule has 0 aromatic heterocycles. The third-order valence-electron chi connectivity index (χ3n) is 4.55. The first-order chi connectivity index (χ1) is 12.7. The maximum Gasteiger partial charge on any atom is 0.331 e. The second-order valence-corrected chi connectivity index (χ2v) is 8.84. The zero-order chi connectivity index (χ0) is 20.0. The van der Waals surface area contributed by atoms with Gasteiger partial charge < -0.3 is 9.64 Å². The first-order valence-electron chi connectivity index (χ1n) is 8.84. The second-order valence-electron chi connectivity index (χ2n) is 6.61. The fraction of sp³-hybridized carbons (Fsp3) is 0.474. The number of nitrogens with zero attached hydrogens (tertiary/aromatic N) is 1. The van der Waals surface area contributed by atoms with Crippen molar-refractivity contribution in [1.82, 2.24) is 4.90 Å². The van der Waals surface area contributed by atoms with Crippen molar-refractivity contribution >= 4 is 27.8 Å². The summed E-state index contributed by atoms with van der Waals surface area (Å²) < 4.78 is 41.5. The molecule has 6 nitrogen and oxygen atoms in total. The van der Waals surface area contributed by atoms with Crippen LogP contribution in [0, 0.1) is 5.82 Å². The predicted molar refractivity (Wildman–Crippen MR) is 100 cm³/mol. The SMILES string of the molecule is CC[C@@H](C)N(C(=O)COC(=O)/C=C/c1cccc(F)c1)[C@H]1CCS(=O)(=O)C1. The van der Waals surface area contributed by atoms with Crippen molar-refractivity contribution in [3.63, 3.8) is 0 Å². The molecule has 1 saturated heterocycles. The highest BCUT2D eigenvalue weighted by atomic mass is 32.2. The molecular weight excluding hydrogens is 373 g/mol. The van der Waals surface area contributed by atoms with Crippen molar-refractivity contribution in [2.24, 2.45) is 0 Å². The summed E-state index contributed by atoms with van der Waals surface area (Å²) in [4.78, 5) is 25.9. The van der Waals surface area contributed by atoms with E-state index in [0.29, 0.717) is 18.4 Å². The van der Waals surface area contributed by atoms with E-state index in [1.807, 2.05) is 13.8 Å². The number of halogens is 1. The van der Waals surface area contributed by atoms with Crippen LogP contribution in [0.4, 0.5) is 4.39 Å². The molecule has 1 fully saturated rings. The van der Waals surface area contributed by atoms with Crippen LogP contribution in [0.15, 0.2) is 30.3 Å². The molecule has 0 bridgehead atoms. The Morgan fingerprint density at radius 3 is 2.74 bits per heavy atom. The van der Waals surface area contributed by atoms with Crippen LogP contribution in [-0.2, 0) is 24.2 Å². The summed E-state index contributed by atoms with van der Waals surface area (Å²) in [6.45, 7) is 3.28. The Kier molecular flexibility index (Phi) is 7.12. The van der Waals surface area contributed by atoms with E-state index < -0.39 is 34.1 Å². The van der Waals surface area contributed by atoms with E-state index in [0.717, 1.165) is 6.08 Å². The molecule has 0 spiro atoms. The van der Waals surface area contributed by atoms with Gasteiger partial charge in [0.25, 0.3) is 5.91 Å². The maximum absolute atomic E-state index is 13.1. The standard InChI is InChI=1S/C19H24FNO5S/c1-3-14(2)21(17-9-10-27(24,25)13-17)18(22)12-26-19(23)8-7-15-5-4-6-16(20)11-15/h4-8,11,14,17H,3,9-10,12-13H2,1-2H3/b8-7+/t14-,17+/m1/s1. The molecule has 1 aromatic rings. The number of sulfone groups is 1. The van der Waals surface area contributed by atoms with Crippen molar-refractivity contribution in [3.05, 3.63) is 41.7 Å². The van der Waals surface area contributed by atoms with E-state index in [-0.39, 0.29) is 23.6 Å². The zero-order valence-corrected chi connectivity index (χ0v) is 16.2. The summed E-state index contributed by atoms with van der Waals surface area (Å²) in [5.74, 6) is -1.56. The lowest BCUT2D eigenvalue weighted by Gasteiger charge is -2.33. The van der Waals surface area contributed by atoms with Crippen LogP contribution in [0.25, 0.3) is 6.08 Å². The first kappa shape index (κ1) is 21.1. The number of esters is 1. The molecule has 0 N–H and O–H groups in total. The Hall–Kier alpha value is -2.22. The van der Waals surface area contributed by atoms with E-state index in [1.165, 1.54) is 29.2 Å². The number of hydrogen-bond donors (Lipinski definition) is 0. The van der Waals surface area contributed by atoms with Crippen LogP contribution in [0.5, 0.6) is 0 Å². The molecule has 1 aromatic carbocycles. The summed E-state index contributed by atoms with van der Waals surface area (Å²) in [6.07, 6.45) is 3.57. The van der Waals surface area contributed by atoms with Gasteiger partial charge in [-0.1, -0.05) is 19.1 Å². The molecule has 2 rings (SSSR count). The van der Waals surface area contributed by atoms with Gasteiger partial charge in [-0.25, -0.2) is 17.6 Å². The number of hydrogen-bond acceptors (Lipinski definition) is 5. The van der Waals surface area contributed by atoms with Crippen molar-refractivity contribution in [2.45, 2.75) is 38.8 Å². The highest BCUT2D eigenvalue weighted by Gasteiger charge is 2.36. The normalized spacial score (nSPS) is 19.7. The van der Waals surface area contributed by atoms with Gasteiger partial charge in [0, 0.05) is 18.2 Å². The quantitative estimate of drug-likeness (QED) is 0.520. The number of carbonyl (C=O) groups excluding carboxylic acids is 2. The molecule has 27 heavy (non-hydrogen) atoms. The fourth-order valence-electron chi connectivity index (χ4n) is 3.03. The summed E-state index contributed by atoms with van der Waals surface area (Å²) in [5, 5.41) is 0. The molecule has 0 aliphatic carbocycles. The molecule has 0 unspecified atom stereocenters. The minimum Gasteiger partial charge on any atom is -0.452 e. The second kappa shape index (κ2) is 9.12. The zero-order valence-electron chi connectivity index (χ0n) is 15.4. The monoisotopic (exact) mass is 397 g/mol. The third kappa shape index (κ3) is 6.16. The molecule has 2 atom stereocenters. The van der Waals surface area contributed by atoms with E-state index in [4.69, 9.17) is 4.74 Å². The number of carbonyl (C=O) groups is 2. The number of benzene rings is 1. The van der Waals surface area contributed by atoms with Crippen LogP contribution < -0.4 is 0 Å². The summed E-state index contributed by atoms with van der Waals surface area (Å²) in [5.41, 5.74) is 0.496. The first-order valence-corrected chi connectivity index (χ1v) is 10.7. The molecule has 1 aliphatic rings. The molecule has 1 aliphatic heterocycles. The summed E-state index contributed by atoms with van der Waals surface area (Å²) in [6, 6.07) is 5.16. The molecule has 8 heteroatoms. The highest BCUT2D eigenvalue weighted by molar-refractivity contribution is 7.91. The van der Waals surface area contributed by atoms with Gasteiger partial charge >= 0.3 is 5.97 Å². The Labute approximate surface area is 158 Å². The van der Waals surface area contributed by atoms with Gasteiger partial charge in [0.2, 0.25) is 0 Å². The van der Waals surface area contributed by atoms with Crippen LogP contribution >= 0.6 is 0 Å². The maximum atomic E-state index is 13.1. The van der Waals surface area contributed by atoms with Gasteiger partial charge in [-0.2, -0.15) is 0 Å². The van der Waals surface area contributed by atoms with Crippen molar-refractivity contribution in [3.8, 4) is 0 Å². The lowest BCUT2D eigenvalue weighted by molar-refractivity contribution is -0.150. The molecular formula is C19H24FNO5S. The van der Waals surface area contributed by atoms with Crippen LogP contribution in [-0.4, -0.2) is 55.4 Å². The van der Waals surface area contributed by atoms with E-state index >= 15 is 0 Å². The number of amides is 1. The van der Waals surface area contributed by atoms with Crippen LogP contribution in [0.3, 0.4) is 0 Å². The minimum atomic E-state index is -3.13. The van der Waals surface area contributed by atoms with E-state index in [9.17, 15) is 22.4 Å². The Morgan fingerprint density at radius 1 is 1.41 bits per heavy atom. The lowest BCUT2D eigenvalue weighted by Crippen LogP contribution is -2.48. The average molecular weight is 397 g/mol. The van der Waals surface area contributed by atoms with Crippen LogP contribution in [0.2, 0.25) is 0 Å². The topological polar surface area (TPSA) is 80.8 Å². The van der Waals surface area contributed by atoms with Gasteiger partial charge in [0.1, 0.15) is 5.82 Å². The Bertz CT molecular complexity index is 821. The van der Waals surface area contributed by atoms with Crippen molar-refractivity contribution in [2.75, 3.05) is 18.1 Å². The predicted octanol–water partition coefficient (Wildman–Crippen LogP) is 2.20. The van der Waals surface area contributed by atoms with Crippen molar-refractivity contribution < 1.29 is 27.1 Å². The molecule has 1 amide bonds. The van der Waals surface area contributed by atoms with Gasteiger partial charge in [0.15, 0.2) is 16.4 Å². The highest BCUT2D eigenvalue weighted by Crippen LogP contribution is 2.21. The third-order valence-corrected chi connectivity index (χ3v) is 6.30. The Morgan fingerprint density at radius 2 is 2.15 bits per heavy atom. The minimum absolute atomic E-state index is 0.0590. The average Bonchev–Trinajstić information content (AvgIpc) is 2.97. The summed E-state index contributed by atoms with van der Waals surface area (Å²) >= 11 is 0. The van der Waals surface area contributed by atoms with Gasteiger partial charge in [-0.3, -0.25) is 4.79 Å². The fourth-order valence-corrected chi connectivity index (χ4v) is 4.74. The largest absolute Gasteiger partial charge is 0.452 e. The van der Waals surface area contributed by atoms with E-state index in [2.05, 4.69) is 0 Å². The Balaban J connectivity index is 1.95. The van der Waals surface area contributed by atoms with Gasteiger partial charge in [-0.15, -0.1) is 0 Å². The molecule has 148 valence electrons. The molecule has 1 heterocycles. The van der Waals surface area contributed by atoms with E-state index in [1.54, 1.807) is 6.07 Å². The van der Waals surface area contributed by atoms with Crippen molar-refractivity contribution in [1.29, 1.82) is 0 Å². The summed E-state index contributed by atoms with van der Waals surface area (Å²) in [7, 11) is -3.13.